The number of amides is 1. The Labute approximate surface area is 241 Å². The molecule has 1 amide bonds. The lowest BCUT2D eigenvalue weighted by atomic mass is 9.97. The maximum Gasteiger partial charge on any atom is 0.389 e. The third kappa shape index (κ3) is 7.58. The van der Waals surface area contributed by atoms with E-state index >= 15 is 0 Å². The number of ether oxygens (including phenoxy) is 1. The first-order valence-corrected chi connectivity index (χ1v) is 15.0. The molecule has 0 bridgehead atoms. The van der Waals surface area contributed by atoms with Gasteiger partial charge in [-0.25, -0.2) is 27.2 Å². The summed E-state index contributed by atoms with van der Waals surface area (Å²) in [5.41, 5.74) is -0.419. The smallest absolute Gasteiger partial charge is 0.389 e. The average Bonchev–Trinajstić information content (AvgIpc) is 3.47. The van der Waals surface area contributed by atoms with Gasteiger partial charge in [-0.2, -0.15) is 13.2 Å². The molecule has 1 fully saturated rings. The number of rotatable bonds is 11. The quantitative estimate of drug-likeness (QED) is 0.221. The maximum absolute atomic E-state index is 14.2. The molecule has 9 nitrogen and oxygen atoms in total. The number of halogens is 4. The fraction of sp³-hybridized carbons (Fsp3) is 0.464. The summed E-state index contributed by atoms with van der Waals surface area (Å²) in [4.78, 5) is 19.3. The zero-order chi connectivity index (χ0) is 30.7. The van der Waals surface area contributed by atoms with Crippen LogP contribution in [0.15, 0.2) is 53.6 Å². The molecule has 4 rings (SSSR count). The summed E-state index contributed by atoms with van der Waals surface area (Å²) in [7, 11) is -4.51. The van der Waals surface area contributed by atoms with Gasteiger partial charge in [-0.3, -0.25) is 4.79 Å². The zero-order valence-corrected chi connectivity index (χ0v) is 24.3. The van der Waals surface area contributed by atoms with Gasteiger partial charge >= 0.3 is 6.18 Å². The van der Waals surface area contributed by atoms with Crippen molar-refractivity contribution >= 4 is 21.7 Å². The van der Waals surface area contributed by atoms with Crippen molar-refractivity contribution in [1.82, 2.24) is 19.5 Å². The van der Waals surface area contributed by atoms with E-state index in [-0.39, 0.29) is 36.2 Å². The average molecular weight is 612 g/mol. The van der Waals surface area contributed by atoms with Crippen LogP contribution in [0.4, 0.5) is 23.4 Å². The van der Waals surface area contributed by atoms with E-state index in [2.05, 4.69) is 17.0 Å². The fourth-order valence-corrected chi connectivity index (χ4v) is 6.14. The molecule has 1 aliphatic heterocycles. The van der Waals surface area contributed by atoms with E-state index in [4.69, 9.17) is 4.74 Å². The van der Waals surface area contributed by atoms with Crippen molar-refractivity contribution in [3.8, 4) is 11.7 Å². The van der Waals surface area contributed by atoms with Crippen LogP contribution in [-0.2, 0) is 10.0 Å². The highest BCUT2D eigenvalue weighted by Crippen LogP contribution is 2.38. The van der Waals surface area contributed by atoms with Crippen molar-refractivity contribution in [2.24, 2.45) is 5.92 Å². The molecular weight excluding hydrogens is 578 g/mol. The number of anilines is 1. The number of nitrogens with one attached hydrogen (secondary N) is 1. The van der Waals surface area contributed by atoms with Crippen LogP contribution in [0.1, 0.15) is 63.2 Å². The zero-order valence-electron chi connectivity index (χ0n) is 23.5. The van der Waals surface area contributed by atoms with E-state index in [0.717, 1.165) is 18.6 Å². The standard InChI is InChI=1S/C28H33F4N5O4S/c1-19-17-27(2,3)36(18-19)25-20(26(38)35-42(39,40)22-10-6-5-9-21(22)29)11-12-23(33-25)37-15-13-24(34-37)41-16-8-4-7-14-28(30,31)32/h5-6,9-13,15,19H,4,7-8,14,16-18H2,1-3H3,(H,35,38)/t19-/m0/s1. The minimum atomic E-state index is -4.51. The summed E-state index contributed by atoms with van der Waals surface area (Å²) < 4.78 is 85.7. The predicted octanol–water partition coefficient (Wildman–Crippen LogP) is 5.65. The van der Waals surface area contributed by atoms with Gasteiger partial charge < -0.3 is 9.64 Å². The molecule has 0 aliphatic carbocycles. The molecule has 0 spiro atoms. The van der Waals surface area contributed by atoms with Crippen molar-refractivity contribution in [1.29, 1.82) is 0 Å². The molecule has 1 aromatic carbocycles. The molecule has 1 saturated heterocycles. The van der Waals surface area contributed by atoms with Gasteiger partial charge in [0.15, 0.2) is 5.82 Å². The van der Waals surface area contributed by atoms with E-state index in [0.29, 0.717) is 25.2 Å². The lowest BCUT2D eigenvalue weighted by Gasteiger charge is -2.34. The Hall–Kier alpha value is -3.68. The Kier molecular flexibility index (Phi) is 9.14. The number of nitrogens with zero attached hydrogens (tertiary/aromatic N) is 4. The number of aromatic nitrogens is 3. The molecule has 1 atom stereocenters. The number of pyridine rings is 1. The van der Waals surface area contributed by atoms with Crippen LogP contribution in [0, 0.1) is 11.7 Å². The largest absolute Gasteiger partial charge is 0.477 e. The molecule has 2 aromatic heterocycles. The monoisotopic (exact) mass is 611 g/mol. The minimum Gasteiger partial charge on any atom is -0.477 e. The summed E-state index contributed by atoms with van der Waals surface area (Å²) >= 11 is 0. The summed E-state index contributed by atoms with van der Waals surface area (Å²) in [6, 6.07) is 9.27. The second kappa shape index (κ2) is 12.3. The highest BCUT2D eigenvalue weighted by molar-refractivity contribution is 7.90. The van der Waals surface area contributed by atoms with Gasteiger partial charge in [0.2, 0.25) is 5.88 Å². The molecule has 3 aromatic rings. The van der Waals surface area contributed by atoms with Gasteiger partial charge in [0, 0.05) is 30.8 Å². The summed E-state index contributed by atoms with van der Waals surface area (Å²) in [5, 5.41) is 4.34. The van der Waals surface area contributed by atoms with Crippen molar-refractivity contribution in [2.75, 3.05) is 18.1 Å². The van der Waals surface area contributed by atoms with E-state index in [9.17, 15) is 30.8 Å². The third-order valence-electron chi connectivity index (χ3n) is 6.94. The fourth-order valence-electron chi connectivity index (χ4n) is 5.10. The van der Waals surface area contributed by atoms with Gasteiger partial charge in [0.25, 0.3) is 15.9 Å². The third-order valence-corrected chi connectivity index (χ3v) is 8.30. The van der Waals surface area contributed by atoms with Crippen molar-refractivity contribution < 1.29 is 35.5 Å². The van der Waals surface area contributed by atoms with Crippen molar-refractivity contribution in [3.63, 3.8) is 0 Å². The Morgan fingerprint density at radius 2 is 1.86 bits per heavy atom. The normalized spacial score (nSPS) is 16.9. The van der Waals surface area contributed by atoms with Crippen LogP contribution in [0.2, 0.25) is 0 Å². The second-order valence-corrected chi connectivity index (χ2v) is 12.7. The van der Waals surface area contributed by atoms with E-state index in [1.165, 1.54) is 28.9 Å². The first-order valence-electron chi connectivity index (χ1n) is 13.5. The van der Waals surface area contributed by atoms with E-state index in [1.807, 2.05) is 23.5 Å². The van der Waals surface area contributed by atoms with Gasteiger partial charge in [0.05, 0.1) is 12.2 Å². The second-order valence-electron chi connectivity index (χ2n) is 11.0. The Bertz CT molecular complexity index is 1520. The van der Waals surface area contributed by atoms with Gasteiger partial charge in [0.1, 0.15) is 16.5 Å². The first-order chi connectivity index (χ1) is 19.7. The van der Waals surface area contributed by atoms with Crippen LogP contribution >= 0.6 is 0 Å². The van der Waals surface area contributed by atoms with Crippen LogP contribution in [0.25, 0.3) is 5.82 Å². The SMILES string of the molecule is C[C@@H]1CN(c2nc(-n3ccc(OCCCCCC(F)(F)F)n3)ccc2C(=O)NS(=O)(=O)c2ccccc2F)C(C)(C)C1. The Morgan fingerprint density at radius 1 is 1.12 bits per heavy atom. The molecule has 228 valence electrons. The molecule has 1 aliphatic rings. The number of alkyl halides is 3. The highest BCUT2D eigenvalue weighted by Gasteiger charge is 2.39. The predicted molar refractivity (Wildman–Crippen MR) is 148 cm³/mol. The number of carbonyl (C=O) groups excluding carboxylic acids is 1. The summed E-state index contributed by atoms with van der Waals surface area (Å²) in [5.74, 6) is -0.859. The number of unbranched alkanes of at least 4 members (excludes halogenated alkanes) is 2. The van der Waals surface area contributed by atoms with Crippen LogP contribution in [0.5, 0.6) is 5.88 Å². The first kappa shape index (κ1) is 31.3. The van der Waals surface area contributed by atoms with Crippen molar-refractivity contribution in [2.45, 2.75) is 69.5 Å². The molecule has 1 N–H and O–H groups in total. The number of benzene rings is 1. The molecule has 3 heterocycles. The van der Waals surface area contributed by atoms with Crippen LogP contribution in [0.3, 0.4) is 0 Å². The molecule has 0 radical (unpaired) electrons. The number of hydrogen-bond acceptors (Lipinski definition) is 7. The van der Waals surface area contributed by atoms with Gasteiger partial charge in [-0.05, 0) is 69.7 Å². The molecule has 42 heavy (non-hydrogen) atoms. The lowest BCUT2D eigenvalue weighted by Crippen LogP contribution is -2.41. The number of sulfonamides is 1. The molecule has 0 saturated carbocycles. The van der Waals surface area contributed by atoms with Crippen LogP contribution in [-0.4, -0.2) is 54.0 Å². The highest BCUT2D eigenvalue weighted by atomic mass is 32.2. The van der Waals surface area contributed by atoms with Gasteiger partial charge in [-0.15, -0.1) is 5.10 Å². The van der Waals surface area contributed by atoms with Crippen LogP contribution < -0.4 is 14.4 Å². The minimum absolute atomic E-state index is 0.0108. The van der Waals surface area contributed by atoms with Gasteiger partial charge in [-0.1, -0.05) is 19.1 Å². The summed E-state index contributed by atoms with van der Waals surface area (Å²) in [6.07, 6.45) is -1.77. The number of carbonyl (C=O) groups is 1. The van der Waals surface area contributed by atoms with Crippen molar-refractivity contribution in [3.05, 3.63) is 60.0 Å². The Morgan fingerprint density at radius 3 is 2.52 bits per heavy atom. The molecule has 14 heteroatoms. The molecule has 0 unspecified atom stereocenters. The number of hydrogen-bond donors (Lipinski definition) is 1. The topological polar surface area (TPSA) is 106 Å². The van der Waals surface area contributed by atoms with E-state index < -0.39 is 44.8 Å². The lowest BCUT2D eigenvalue weighted by molar-refractivity contribution is -0.135. The summed E-state index contributed by atoms with van der Waals surface area (Å²) in [6.45, 7) is 6.82. The Balaban J connectivity index is 1.56. The molecular formula is C28H33F4N5O4S. The van der Waals surface area contributed by atoms with E-state index in [1.54, 1.807) is 12.3 Å². The maximum atomic E-state index is 14.2.